The second-order valence-corrected chi connectivity index (χ2v) is 3.50. The van der Waals surface area contributed by atoms with E-state index in [9.17, 15) is 9.18 Å². The van der Waals surface area contributed by atoms with Crippen LogP contribution in [-0.4, -0.2) is 26.5 Å². The maximum atomic E-state index is 13.3. The highest BCUT2D eigenvalue weighted by molar-refractivity contribution is 6.00. The van der Waals surface area contributed by atoms with Crippen LogP contribution in [0.25, 0.3) is 0 Å². The fraction of sp³-hybridized carbons (Fsp3) is 0.417. The molecular weight excluding hydrogens is 209 g/mol. The summed E-state index contributed by atoms with van der Waals surface area (Å²) in [7, 11) is 3.13. The molecule has 0 aromatic heterocycles. The first-order valence-corrected chi connectivity index (χ1v) is 5.10. The second kappa shape index (κ2) is 5.61. The van der Waals surface area contributed by atoms with Crippen molar-refractivity contribution in [2.75, 3.05) is 20.7 Å². The largest absolute Gasteiger partial charge is 0.496 e. The van der Waals surface area contributed by atoms with Gasteiger partial charge in [0.2, 0.25) is 0 Å². The van der Waals surface area contributed by atoms with Crippen LogP contribution in [0.5, 0.6) is 5.75 Å². The van der Waals surface area contributed by atoms with Crippen LogP contribution in [0.2, 0.25) is 0 Å². The first-order valence-electron chi connectivity index (χ1n) is 5.10. The molecule has 1 rings (SSSR count). The average Bonchev–Trinajstić information content (AvgIpc) is 2.28. The maximum absolute atomic E-state index is 13.3. The normalized spacial score (nSPS) is 12.2. The van der Waals surface area contributed by atoms with E-state index in [-0.39, 0.29) is 12.3 Å². The Morgan fingerprint density at radius 1 is 1.56 bits per heavy atom. The zero-order chi connectivity index (χ0) is 12.1. The van der Waals surface area contributed by atoms with Gasteiger partial charge in [0.05, 0.1) is 19.2 Å². The van der Waals surface area contributed by atoms with Crippen molar-refractivity contribution in [2.45, 2.75) is 13.1 Å². The zero-order valence-electron chi connectivity index (χ0n) is 9.71. The Labute approximate surface area is 94.6 Å². The summed E-state index contributed by atoms with van der Waals surface area (Å²) in [5.74, 6) is 0.222. The summed E-state index contributed by atoms with van der Waals surface area (Å²) in [4.78, 5) is 11.7. The van der Waals surface area contributed by atoms with Crippen molar-refractivity contribution in [3.05, 3.63) is 29.3 Å². The summed E-state index contributed by atoms with van der Waals surface area (Å²) >= 11 is 0. The minimum atomic E-state index is -1.16. The molecule has 1 unspecified atom stereocenters. The SMILES string of the molecule is CNCC(=O)c1cccc(C(C)F)c1OC. The molecule has 16 heavy (non-hydrogen) atoms. The van der Waals surface area contributed by atoms with Crippen molar-refractivity contribution >= 4 is 5.78 Å². The molecule has 88 valence electrons. The number of methoxy groups -OCH3 is 1. The number of carbonyl (C=O) groups is 1. The number of ether oxygens (including phenoxy) is 1. The number of hydrogen-bond acceptors (Lipinski definition) is 3. The van der Waals surface area contributed by atoms with Gasteiger partial charge in [-0.2, -0.15) is 0 Å². The fourth-order valence-electron chi connectivity index (χ4n) is 1.57. The van der Waals surface area contributed by atoms with Crippen LogP contribution in [0.4, 0.5) is 4.39 Å². The van der Waals surface area contributed by atoms with E-state index in [0.29, 0.717) is 16.9 Å². The van der Waals surface area contributed by atoms with Crippen molar-refractivity contribution < 1.29 is 13.9 Å². The van der Waals surface area contributed by atoms with Crippen LogP contribution in [0.15, 0.2) is 18.2 Å². The second-order valence-electron chi connectivity index (χ2n) is 3.50. The predicted octanol–water partition coefficient (Wildman–Crippen LogP) is 2.13. The van der Waals surface area contributed by atoms with Gasteiger partial charge in [-0.25, -0.2) is 4.39 Å². The quantitative estimate of drug-likeness (QED) is 0.780. The average molecular weight is 225 g/mol. The number of likely N-dealkylation sites (N-methyl/N-ethyl adjacent to an activating group) is 1. The highest BCUT2D eigenvalue weighted by Crippen LogP contribution is 2.30. The number of halogens is 1. The van der Waals surface area contributed by atoms with Gasteiger partial charge in [0.15, 0.2) is 5.78 Å². The third-order valence-electron chi connectivity index (χ3n) is 2.32. The summed E-state index contributed by atoms with van der Waals surface area (Å²) in [6.07, 6.45) is -1.16. The Bertz CT molecular complexity index is 377. The number of ketones is 1. The number of para-hydroxylation sites is 1. The van der Waals surface area contributed by atoms with Gasteiger partial charge >= 0.3 is 0 Å². The minimum Gasteiger partial charge on any atom is -0.496 e. The van der Waals surface area contributed by atoms with Crippen molar-refractivity contribution in [1.29, 1.82) is 0 Å². The van der Waals surface area contributed by atoms with E-state index >= 15 is 0 Å². The molecule has 1 aromatic rings. The van der Waals surface area contributed by atoms with Crippen molar-refractivity contribution in [3.8, 4) is 5.75 Å². The van der Waals surface area contributed by atoms with E-state index in [1.807, 2.05) is 0 Å². The topological polar surface area (TPSA) is 38.3 Å². The lowest BCUT2D eigenvalue weighted by Gasteiger charge is -2.13. The van der Waals surface area contributed by atoms with Crippen LogP contribution in [-0.2, 0) is 0 Å². The molecule has 1 N–H and O–H groups in total. The van der Waals surface area contributed by atoms with Gasteiger partial charge < -0.3 is 10.1 Å². The smallest absolute Gasteiger partial charge is 0.180 e. The Hall–Kier alpha value is -1.42. The van der Waals surface area contributed by atoms with Gasteiger partial charge in [-0.15, -0.1) is 0 Å². The predicted molar refractivity (Wildman–Crippen MR) is 60.8 cm³/mol. The van der Waals surface area contributed by atoms with Crippen LogP contribution in [0, 0.1) is 0 Å². The van der Waals surface area contributed by atoms with Crippen LogP contribution in [0.1, 0.15) is 29.0 Å². The number of carbonyl (C=O) groups excluding carboxylic acids is 1. The van der Waals surface area contributed by atoms with E-state index in [4.69, 9.17) is 4.74 Å². The molecule has 0 saturated heterocycles. The molecule has 0 radical (unpaired) electrons. The molecule has 0 saturated carbocycles. The summed E-state index contributed by atoms with van der Waals surface area (Å²) in [6, 6.07) is 4.93. The van der Waals surface area contributed by atoms with Gasteiger partial charge in [-0.1, -0.05) is 12.1 Å². The summed E-state index contributed by atoms with van der Waals surface area (Å²) in [6.45, 7) is 1.63. The third-order valence-corrected chi connectivity index (χ3v) is 2.32. The molecule has 0 bridgehead atoms. The Morgan fingerprint density at radius 2 is 2.25 bits per heavy atom. The first-order chi connectivity index (χ1) is 7.61. The lowest BCUT2D eigenvalue weighted by molar-refractivity contribution is 0.0990. The summed E-state index contributed by atoms with van der Waals surface area (Å²) in [5.41, 5.74) is 0.823. The third kappa shape index (κ3) is 2.58. The molecule has 0 spiro atoms. The molecule has 0 aliphatic carbocycles. The Balaban J connectivity index is 3.18. The first kappa shape index (κ1) is 12.6. The van der Waals surface area contributed by atoms with Crippen molar-refractivity contribution in [2.24, 2.45) is 0 Å². The molecule has 3 nitrogen and oxygen atoms in total. The Kier molecular flexibility index (Phi) is 4.43. The lowest BCUT2D eigenvalue weighted by Crippen LogP contribution is -2.19. The highest BCUT2D eigenvalue weighted by Gasteiger charge is 2.17. The standard InChI is InChI=1S/C12H16FNO2/c1-8(13)9-5-4-6-10(12(9)16-3)11(15)7-14-2/h4-6,8,14H,7H2,1-3H3. The number of hydrogen-bond donors (Lipinski definition) is 1. The molecule has 4 heteroatoms. The van der Waals surface area contributed by atoms with E-state index in [2.05, 4.69) is 5.32 Å². The van der Waals surface area contributed by atoms with E-state index in [0.717, 1.165) is 0 Å². The number of nitrogens with one attached hydrogen (secondary N) is 1. The number of alkyl halides is 1. The summed E-state index contributed by atoms with van der Waals surface area (Å²) in [5, 5.41) is 2.77. The van der Waals surface area contributed by atoms with Crippen molar-refractivity contribution in [1.82, 2.24) is 5.32 Å². The molecule has 0 amide bonds. The van der Waals surface area contributed by atoms with Gasteiger partial charge in [0.25, 0.3) is 0 Å². The lowest BCUT2D eigenvalue weighted by atomic mass is 10.0. The van der Waals surface area contributed by atoms with Crippen LogP contribution < -0.4 is 10.1 Å². The summed E-state index contributed by atoms with van der Waals surface area (Å²) < 4.78 is 18.4. The van der Waals surface area contributed by atoms with E-state index in [1.165, 1.54) is 14.0 Å². The van der Waals surface area contributed by atoms with E-state index < -0.39 is 6.17 Å². The molecule has 0 aliphatic rings. The van der Waals surface area contributed by atoms with Gasteiger partial charge in [-0.05, 0) is 20.0 Å². The van der Waals surface area contributed by atoms with E-state index in [1.54, 1.807) is 25.2 Å². The van der Waals surface area contributed by atoms with Crippen LogP contribution in [0.3, 0.4) is 0 Å². The molecule has 0 fully saturated rings. The molecular formula is C12H16FNO2. The minimum absolute atomic E-state index is 0.109. The molecule has 0 aliphatic heterocycles. The number of benzene rings is 1. The Morgan fingerprint density at radius 3 is 2.75 bits per heavy atom. The molecule has 1 aromatic carbocycles. The molecule has 1 atom stereocenters. The number of Topliss-reactive ketones (excluding diaryl/α,β-unsaturated/α-hetero) is 1. The maximum Gasteiger partial charge on any atom is 0.180 e. The fourth-order valence-corrected chi connectivity index (χ4v) is 1.57. The van der Waals surface area contributed by atoms with Gasteiger partial charge in [-0.3, -0.25) is 4.79 Å². The van der Waals surface area contributed by atoms with Crippen LogP contribution >= 0.6 is 0 Å². The van der Waals surface area contributed by atoms with Gasteiger partial charge in [0, 0.05) is 5.56 Å². The highest BCUT2D eigenvalue weighted by atomic mass is 19.1. The number of rotatable bonds is 5. The van der Waals surface area contributed by atoms with Crippen molar-refractivity contribution in [3.63, 3.8) is 0 Å². The monoisotopic (exact) mass is 225 g/mol. The zero-order valence-corrected chi connectivity index (χ0v) is 9.71. The van der Waals surface area contributed by atoms with Gasteiger partial charge in [0.1, 0.15) is 11.9 Å². The molecule has 0 heterocycles.